The van der Waals surface area contributed by atoms with E-state index in [4.69, 9.17) is 9.47 Å². The van der Waals surface area contributed by atoms with Gasteiger partial charge in [0.05, 0.1) is 6.10 Å². The van der Waals surface area contributed by atoms with Crippen LogP contribution < -0.4 is 5.32 Å². The van der Waals surface area contributed by atoms with Crippen molar-refractivity contribution in [2.75, 3.05) is 12.2 Å². The van der Waals surface area contributed by atoms with Gasteiger partial charge in [-0.3, -0.25) is 0 Å². The zero-order valence-electron chi connectivity index (χ0n) is 11.4. The molecule has 106 valence electrons. The molecule has 0 aromatic rings. The highest BCUT2D eigenvalue weighted by Gasteiger charge is 2.29. The lowest BCUT2D eigenvalue weighted by molar-refractivity contribution is -0.146. The van der Waals surface area contributed by atoms with Crippen LogP contribution in [0.5, 0.6) is 0 Å². The number of thioether (sulfide) groups is 1. The summed E-state index contributed by atoms with van der Waals surface area (Å²) in [5, 5.41) is 11.7. The SMILES string of the molecule is CSCOC(=O)[C@@H](NC(=O)OC(C)(C)C)[C@@H](C)O. The Balaban J connectivity index is 4.45. The Morgan fingerprint density at radius 3 is 2.33 bits per heavy atom. The highest BCUT2D eigenvalue weighted by molar-refractivity contribution is 7.98. The lowest BCUT2D eigenvalue weighted by Crippen LogP contribution is -2.49. The fourth-order valence-electron chi connectivity index (χ4n) is 1.02. The highest BCUT2D eigenvalue weighted by Crippen LogP contribution is 2.08. The molecular weight excluding hydrogens is 258 g/mol. The summed E-state index contributed by atoms with van der Waals surface area (Å²) in [6.07, 6.45) is -0.0623. The van der Waals surface area contributed by atoms with Gasteiger partial charge >= 0.3 is 12.1 Å². The number of aliphatic hydroxyl groups is 1. The Morgan fingerprint density at radius 2 is 1.94 bits per heavy atom. The summed E-state index contributed by atoms with van der Waals surface area (Å²) in [6, 6.07) is -1.13. The topological polar surface area (TPSA) is 84.9 Å². The van der Waals surface area contributed by atoms with Gasteiger partial charge in [-0.1, -0.05) is 0 Å². The quantitative estimate of drug-likeness (QED) is 0.579. The summed E-state index contributed by atoms with van der Waals surface area (Å²) in [5.41, 5.74) is -0.670. The molecule has 0 spiro atoms. The van der Waals surface area contributed by atoms with Gasteiger partial charge in [0.2, 0.25) is 0 Å². The Morgan fingerprint density at radius 1 is 1.39 bits per heavy atom. The van der Waals surface area contributed by atoms with Crippen LogP contribution in [-0.2, 0) is 14.3 Å². The van der Waals surface area contributed by atoms with Crippen LogP contribution in [0.1, 0.15) is 27.7 Å². The van der Waals surface area contributed by atoms with Crippen LogP contribution in [0, 0.1) is 0 Å². The number of aliphatic hydroxyl groups excluding tert-OH is 1. The minimum absolute atomic E-state index is 0.165. The molecule has 0 aliphatic carbocycles. The lowest BCUT2D eigenvalue weighted by atomic mass is 10.2. The number of alkyl carbamates (subject to hydrolysis) is 1. The number of ether oxygens (including phenoxy) is 2. The second-order valence-electron chi connectivity index (χ2n) is 4.73. The Kier molecular flexibility index (Phi) is 7.08. The van der Waals surface area contributed by atoms with E-state index < -0.39 is 29.8 Å². The summed E-state index contributed by atoms with van der Waals surface area (Å²) in [4.78, 5) is 23.1. The number of hydrogen-bond donors (Lipinski definition) is 2. The standard InChI is InChI=1S/C11H21NO5S/c1-7(13)8(9(14)16-6-18-5)12-10(15)17-11(2,3)4/h7-8,13H,6H2,1-5H3,(H,12,15)/t7-,8+/m1/s1. The average Bonchev–Trinajstić information content (AvgIpc) is 2.19. The number of carbonyl (C=O) groups excluding carboxylic acids is 2. The molecule has 0 aromatic carbocycles. The number of hydrogen-bond acceptors (Lipinski definition) is 6. The number of carbonyl (C=O) groups is 2. The third-order valence-electron chi connectivity index (χ3n) is 1.73. The third kappa shape index (κ3) is 7.39. The van der Waals surface area contributed by atoms with Crippen molar-refractivity contribution >= 4 is 23.8 Å². The molecule has 0 unspecified atom stereocenters. The predicted octanol–water partition coefficient (Wildman–Crippen LogP) is 1.12. The lowest BCUT2D eigenvalue weighted by Gasteiger charge is -2.24. The van der Waals surface area contributed by atoms with Gasteiger partial charge in [-0.25, -0.2) is 9.59 Å². The number of rotatable bonds is 5. The molecule has 0 rings (SSSR count). The van der Waals surface area contributed by atoms with E-state index in [0.717, 1.165) is 0 Å². The van der Waals surface area contributed by atoms with E-state index in [0.29, 0.717) is 0 Å². The summed E-state index contributed by atoms with van der Waals surface area (Å²) >= 11 is 1.32. The molecule has 0 heterocycles. The van der Waals surface area contributed by atoms with Crippen molar-refractivity contribution < 1.29 is 24.2 Å². The summed E-state index contributed by atoms with van der Waals surface area (Å²) in [5.74, 6) is -0.525. The van der Waals surface area contributed by atoms with Gasteiger partial charge in [0, 0.05) is 0 Å². The van der Waals surface area contributed by atoms with Crippen molar-refractivity contribution in [3.8, 4) is 0 Å². The van der Waals surface area contributed by atoms with Crippen molar-refractivity contribution in [3.63, 3.8) is 0 Å². The van der Waals surface area contributed by atoms with E-state index in [9.17, 15) is 14.7 Å². The molecule has 0 bridgehead atoms. The first-order chi connectivity index (χ1) is 8.17. The van der Waals surface area contributed by atoms with E-state index in [2.05, 4.69) is 5.32 Å². The van der Waals surface area contributed by atoms with E-state index in [-0.39, 0.29) is 5.94 Å². The normalized spacial score (nSPS) is 14.6. The fraction of sp³-hybridized carbons (Fsp3) is 0.818. The third-order valence-corrected chi connectivity index (χ3v) is 2.08. The first kappa shape index (κ1) is 17.1. The van der Waals surface area contributed by atoms with Crippen molar-refractivity contribution in [2.24, 2.45) is 0 Å². The smallest absolute Gasteiger partial charge is 0.408 e. The molecule has 18 heavy (non-hydrogen) atoms. The zero-order valence-corrected chi connectivity index (χ0v) is 12.2. The maximum absolute atomic E-state index is 11.6. The van der Waals surface area contributed by atoms with Gasteiger partial charge in [-0.15, -0.1) is 11.8 Å². The minimum atomic E-state index is -1.13. The first-order valence-corrected chi connectivity index (χ1v) is 6.90. The molecule has 1 amide bonds. The second kappa shape index (κ2) is 7.48. The molecule has 0 aromatic heterocycles. The molecule has 0 saturated heterocycles. The zero-order chi connectivity index (χ0) is 14.3. The van der Waals surface area contributed by atoms with Crippen molar-refractivity contribution in [3.05, 3.63) is 0 Å². The van der Waals surface area contributed by atoms with Gasteiger partial charge in [-0.2, -0.15) is 0 Å². The Hall–Kier alpha value is -0.950. The van der Waals surface area contributed by atoms with Crippen LogP contribution in [0.2, 0.25) is 0 Å². The highest BCUT2D eigenvalue weighted by atomic mass is 32.2. The number of nitrogens with one attached hydrogen (secondary N) is 1. The predicted molar refractivity (Wildman–Crippen MR) is 69.3 cm³/mol. The maximum atomic E-state index is 11.6. The Labute approximate surface area is 111 Å². The average molecular weight is 279 g/mol. The molecule has 0 aliphatic rings. The molecule has 6 nitrogen and oxygen atoms in total. The van der Waals surface area contributed by atoms with Crippen molar-refractivity contribution in [1.82, 2.24) is 5.32 Å². The van der Waals surface area contributed by atoms with Crippen LogP contribution >= 0.6 is 11.8 Å². The molecule has 2 N–H and O–H groups in total. The molecule has 0 aliphatic heterocycles. The van der Waals surface area contributed by atoms with Crippen LogP contribution in [0.25, 0.3) is 0 Å². The summed E-state index contributed by atoms with van der Waals surface area (Å²) in [7, 11) is 0. The van der Waals surface area contributed by atoms with Gasteiger partial charge in [0.15, 0.2) is 6.04 Å². The summed E-state index contributed by atoms with van der Waals surface area (Å²) < 4.78 is 9.84. The van der Waals surface area contributed by atoms with Gasteiger partial charge in [-0.05, 0) is 34.0 Å². The molecule has 0 saturated carbocycles. The van der Waals surface area contributed by atoms with Gasteiger partial charge in [0.1, 0.15) is 11.5 Å². The fourth-order valence-corrected chi connectivity index (χ4v) is 1.25. The molecular formula is C11H21NO5S. The largest absolute Gasteiger partial charge is 0.453 e. The van der Waals surface area contributed by atoms with Crippen LogP contribution in [0.3, 0.4) is 0 Å². The molecule has 2 atom stereocenters. The van der Waals surface area contributed by atoms with Gasteiger partial charge in [0.25, 0.3) is 0 Å². The van der Waals surface area contributed by atoms with Gasteiger partial charge < -0.3 is 19.9 Å². The Bertz CT molecular complexity index is 288. The van der Waals surface area contributed by atoms with E-state index in [1.54, 1.807) is 27.0 Å². The minimum Gasteiger partial charge on any atom is -0.453 e. The van der Waals surface area contributed by atoms with Crippen molar-refractivity contribution in [2.45, 2.75) is 45.4 Å². The van der Waals surface area contributed by atoms with Crippen LogP contribution in [0.15, 0.2) is 0 Å². The van der Waals surface area contributed by atoms with E-state index in [1.165, 1.54) is 18.7 Å². The van der Waals surface area contributed by atoms with Crippen molar-refractivity contribution in [1.29, 1.82) is 0 Å². The number of amides is 1. The first-order valence-electron chi connectivity index (χ1n) is 5.50. The van der Waals surface area contributed by atoms with Crippen LogP contribution in [0.4, 0.5) is 4.79 Å². The monoisotopic (exact) mass is 279 g/mol. The van der Waals surface area contributed by atoms with E-state index >= 15 is 0 Å². The summed E-state index contributed by atoms with van der Waals surface area (Å²) in [6.45, 7) is 6.50. The van der Waals surface area contributed by atoms with Crippen LogP contribution in [-0.4, -0.2) is 47.1 Å². The van der Waals surface area contributed by atoms with E-state index in [1.807, 2.05) is 0 Å². The maximum Gasteiger partial charge on any atom is 0.408 e. The second-order valence-corrected chi connectivity index (χ2v) is 5.55. The molecule has 0 radical (unpaired) electrons. The molecule has 7 heteroatoms. The number of esters is 1. The molecule has 0 fully saturated rings.